The van der Waals surface area contributed by atoms with Crippen LogP contribution in [0, 0.1) is 0 Å². The topological polar surface area (TPSA) is 69.9 Å². The molecule has 0 aliphatic rings. The van der Waals surface area contributed by atoms with Crippen LogP contribution in [0.1, 0.15) is 0 Å². The third-order valence-corrected chi connectivity index (χ3v) is 0.969. The van der Waals surface area contributed by atoms with E-state index in [1.807, 2.05) is 0 Å². The van der Waals surface area contributed by atoms with Crippen LogP contribution in [0.5, 0.6) is 0 Å². The smallest absolute Gasteiger partial charge is 0.105 e. The monoisotopic (exact) mass is 136 g/mol. The van der Waals surface area contributed by atoms with E-state index >= 15 is 0 Å². The lowest BCUT2D eigenvalue weighted by molar-refractivity contribution is -0.0477. The summed E-state index contributed by atoms with van der Waals surface area (Å²) in [5.74, 6) is 0. The van der Waals surface area contributed by atoms with E-state index in [2.05, 4.69) is 4.74 Å². The molecule has 0 aromatic rings. The summed E-state index contributed by atoms with van der Waals surface area (Å²) in [4.78, 5) is 0. The maximum absolute atomic E-state index is 8.78. The first-order valence-electron chi connectivity index (χ1n) is 2.68. The molecule has 0 aliphatic heterocycles. The molecule has 0 aliphatic carbocycles. The summed E-state index contributed by atoms with van der Waals surface area (Å²) < 4.78 is 4.51. The van der Waals surface area contributed by atoms with Crippen molar-refractivity contribution in [2.24, 2.45) is 0 Å². The van der Waals surface area contributed by atoms with Gasteiger partial charge in [-0.15, -0.1) is 0 Å². The van der Waals surface area contributed by atoms with Crippen LogP contribution in [-0.4, -0.2) is 47.9 Å². The number of methoxy groups -OCH3 is 1. The summed E-state index contributed by atoms with van der Waals surface area (Å²) in [7, 11) is 1.41. The van der Waals surface area contributed by atoms with Crippen LogP contribution in [0.25, 0.3) is 0 Å². The van der Waals surface area contributed by atoms with Crippen molar-refractivity contribution < 1.29 is 20.1 Å². The Hall–Kier alpha value is -0.160. The highest BCUT2D eigenvalue weighted by Crippen LogP contribution is 1.91. The minimum atomic E-state index is -1.09. The first-order chi connectivity index (χ1) is 4.22. The highest BCUT2D eigenvalue weighted by atomic mass is 16.5. The van der Waals surface area contributed by atoms with E-state index in [9.17, 15) is 0 Å². The van der Waals surface area contributed by atoms with Crippen LogP contribution < -0.4 is 0 Å². The van der Waals surface area contributed by atoms with Gasteiger partial charge in [-0.2, -0.15) is 0 Å². The number of rotatable bonds is 4. The number of hydrogen-bond acceptors (Lipinski definition) is 4. The van der Waals surface area contributed by atoms with Gasteiger partial charge in [-0.1, -0.05) is 0 Å². The number of aliphatic hydroxyl groups excluding tert-OH is 3. The molecule has 4 nitrogen and oxygen atoms in total. The Morgan fingerprint density at radius 2 is 1.89 bits per heavy atom. The first-order valence-corrected chi connectivity index (χ1v) is 2.68. The molecule has 0 unspecified atom stereocenters. The summed E-state index contributed by atoms with van der Waals surface area (Å²) in [5, 5.41) is 25.7. The van der Waals surface area contributed by atoms with Crippen molar-refractivity contribution in [1.82, 2.24) is 0 Å². The van der Waals surface area contributed by atoms with Crippen molar-refractivity contribution in [3.05, 3.63) is 0 Å². The second-order valence-electron chi connectivity index (χ2n) is 1.77. The Bertz CT molecular complexity index is 66.0. The molecule has 0 aromatic carbocycles. The van der Waals surface area contributed by atoms with Gasteiger partial charge in [0.25, 0.3) is 0 Å². The minimum absolute atomic E-state index is 0.0434. The minimum Gasteiger partial charge on any atom is -0.394 e. The molecule has 0 aromatic heterocycles. The van der Waals surface area contributed by atoms with Crippen LogP contribution in [0.4, 0.5) is 0 Å². The highest BCUT2D eigenvalue weighted by Gasteiger charge is 2.13. The highest BCUT2D eigenvalue weighted by molar-refractivity contribution is 4.63. The summed E-state index contributed by atoms with van der Waals surface area (Å²) in [5.41, 5.74) is 0. The largest absolute Gasteiger partial charge is 0.394 e. The molecule has 0 rings (SSSR count). The molecule has 0 heterocycles. The number of aliphatic hydroxyl groups is 3. The zero-order valence-electron chi connectivity index (χ0n) is 5.32. The van der Waals surface area contributed by atoms with Crippen molar-refractivity contribution in [1.29, 1.82) is 0 Å². The van der Waals surface area contributed by atoms with Crippen molar-refractivity contribution in [2.75, 3.05) is 20.3 Å². The van der Waals surface area contributed by atoms with Gasteiger partial charge in [-0.25, -0.2) is 0 Å². The molecule has 56 valence electrons. The predicted octanol–water partition coefficient (Wildman–Crippen LogP) is -1.65. The Labute approximate surface area is 53.7 Å². The van der Waals surface area contributed by atoms with Crippen LogP contribution >= 0.6 is 0 Å². The summed E-state index contributed by atoms with van der Waals surface area (Å²) in [6.07, 6.45) is -2.08. The molecule has 2 atom stereocenters. The maximum Gasteiger partial charge on any atom is 0.105 e. The van der Waals surface area contributed by atoms with E-state index in [-0.39, 0.29) is 6.61 Å². The Balaban J connectivity index is 3.32. The molecule has 0 fully saturated rings. The standard InChI is InChI=1S/C5H12O4/c1-9-3-5(8)4(7)2-6/h4-8H,2-3H2,1H3/t4-,5-/m0/s1. The van der Waals surface area contributed by atoms with Gasteiger partial charge in [0.2, 0.25) is 0 Å². The molecule has 0 saturated carbocycles. The van der Waals surface area contributed by atoms with Crippen LogP contribution in [0.2, 0.25) is 0 Å². The van der Waals surface area contributed by atoms with Crippen molar-refractivity contribution in [3.8, 4) is 0 Å². The quantitative estimate of drug-likeness (QED) is 0.433. The Morgan fingerprint density at radius 3 is 2.22 bits per heavy atom. The fourth-order valence-electron chi connectivity index (χ4n) is 0.404. The van der Waals surface area contributed by atoms with Gasteiger partial charge in [0.1, 0.15) is 12.2 Å². The lowest BCUT2D eigenvalue weighted by atomic mass is 10.2. The first kappa shape index (κ1) is 8.84. The Morgan fingerprint density at radius 1 is 1.33 bits per heavy atom. The van der Waals surface area contributed by atoms with Gasteiger partial charge in [0.05, 0.1) is 13.2 Å². The normalized spacial score (nSPS) is 17.3. The van der Waals surface area contributed by atoms with E-state index in [1.54, 1.807) is 0 Å². The second kappa shape index (κ2) is 4.69. The van der Waals surface area contributed by atoms with Gasteiger partial charge in [-0.3, -0.25) is 0 Å². The Kier molecular flexibility index (Phi) is 4.61. The van der Waals surface area contributed by atoms with Gasteiger partial charge < -0.3 is 20.1 Å². The second-order valence-corrected chi connectivity index (χ2v) is 1.77. The van der Waals surface area contributed by atoms with Gasteiger partial charge in [-0.05, 0) is 0 Å². The number of ether oxygens (including phenoxy) is 1. The molecule has 0 amide bonds. The van der Waals surface area contributed by atoms with Gasteiger partial charge >= 0.3 is 0 Å². The average Bonchev–Trinajstić information content (AvgIpc) is 1.87. The molecule has 9 heavy (non-hydrogen) atoms. The summed E-state index contributed by atoms with van der Waals surface area (Å²) in [6, 6.07) is 0. The van der Waals surface area contributed by atoms with Crippen LogP contribution in [-0.2, 0) is 4.74 Å². The zero-order chi connectivity index (χ0) is 7.28. The van der Waals surface area contributed by atoms with Gasteiger partial charge in [0, 0.05) is 7.11 Å². The average molecular weight is 136 g/mol. The molecule has 4 heteroatoms. The SMILES string of the molecule is COC[C@H](O)[C@@H](O)CO. The molecule has 0 bridgehead atoms. The molecular formula is C5H12O4. The van der Waals surface area contributed by atoms with E-state index < -0.39 is 18.8 Å². The molecule has 3 N–H and O–H groups in total. The van der Waals surface area contributed by atoms with Crippen LogP contribution in [0.15, 0.2) is 0 Å². The molecular weight excluding hydrogens is 124 g/mol. The third-order valence-electron chi connectivity index (χ3n) is 0.969. The van der Waals surface area contributed by atoms with Crippen molar-refractivity contribution >= 4 is 0 Å². The van der Waals surface area contributed by atoms with Gasteiger partial charge in [0.15, 0.2) is 0 Å². The van der Waals surface area contributed by atoms with E-state index in [1.165, 1.54) is 7.11 Å². The lowest BCUT2D eigenvalue weighted by Crippen LogP contribution is -2.32. The molecule has 0 spiro atoms. The molecule has 0 saturated heterocycles. The summed E-state index contributed by atoms with van der Waals surface area (Å²) in [6.45, 7) is -0.397. The number of hydrogen-bond donors (Lipinski definition) is 3. The fraction of sp³-hybridized carbons (Fsp3) is 1.00. The zero-order valence-corrected chi connectivity index (χ0v) is 5.32. The predicted molar refractivity (Wildman–Crippen MR) is 31.0 cm³/mol. The van der Waals surface area contributed by atoms with Crippen molar-refractivity contribution in [3.63, 3.8) is 0 Å². The maximum atomic E-state index is 8.78. The van der Waals surface area contributed by atoms with E-state index in [0.29, 0.717) is 0 Å². The summed E-state index contributed by atoms with van der Waals surface area (Å²) >= 11 is 0. The van der Waals surface area contributed by atoms with E-state index in [0.717, 1.165) is 0 Å². The van der Waals surface area contributed by atoms with Crippen LogP contribution in [0.3, 0.4) is 0 Å². The fourth-order valence-corrected chi connectivity index (χ4v) is 0.404. The lowest BCUT2D eigenvalue weighted by Gasteiger charge is -2.13. The molecule has 0 radical (unpaired) electrons. The van der Waals surface area contributed by atoms with Crippen molar-refractivity contribution in [2.45, 2.75) is 12.2 Å². The third kappa shape index (κ3) is 3.42. The van der Waals surface area contributed by atoms with E-state index in [4.69, 9.17) is 15.3 Å².